The van der Waals surface area contributed by atoms with Crippen LogP contribution in [0.15, 0.2) is 0 Å². The Hall–Kier alpha value is -2.28. The van der Waals surface area contributed by atoms with Crippen LogP contribution >= 0.6 is 0 Å². The largest absolute Gasteiger partial charge is 0.369 e. The molecule has 7 N–H and O–H groups in total. The van der Waals surface area contributed by atoms with E-state index in [9.17, 15) is 19.2 Å². The van der Waals surface area contributed by atoms with Crippen LogP contribution in [0.4, 0.5) is 0 Å². The van der Waals surface area contributed by atoms with Gasteiger partial charge in [0.05, 0.1) is 32.3 Å². The Labute approximate surface area is 163 Å². The van der Waals surface area contributed by atoms with E-state index in [1.165, 1.54) is 0 Å². The average molecular weight is 398 g/mol. The second-order valence-electron chi connectivity index (χ2n) is 7.24. The number of carbonyl (C=O) groups excluding carboxylic acids is 4. The van der Waals surface area contributed by atoms with Gasteiger partial charge in [-0.3, -0.25) is 38.8 Å². The minimum Gasteiger partial charge on any atom is -0.369 e. The molecule has 28 heavy (non-hydrogen) atoms. The van der Waals surface area contributed by atoms with Crippen LogP contribution in [-0.2, 0) is 19.2 Å². The van der Waals surface area contributed by atoms with Crippen molar-refractivity contribution in [2.75, 3.05) is 72.0 Å². The highest BCUT2D eigenvalue weighted by molar-refractivity contribution is 5.80. The van der Waals surface area contributed by atoms with E-state index in [-0.39, 0.29) is 38.3 Å². The van der Waals surface area contributed by atoms with Gasteiger partial charge in [0.2, 0.25) is 23.6 Å². The van der Waals surface area contributed by atoms with Gasteiger partial charge in [-0.2, -0.15) is 0 Å². The van der Waals surface area contributed by atoms with Crippen molar-refractivity contribution in [2.45, 2.75) is 6.17 Å². The molecule has 2 rings (SSSR count). The first kappa shape index (κ1) is 22.0. The maximum atomic E-state index is 11.9. The lowest BCUT2D eigenvalue weighted by molar-refractivity contribution is -0.121. The molecule has 2 saturated heterocycles. The van der Waals surface area contributed by atoms with Gasteiger partial charge in [-0.05, 0) is 0 Å². The molecule has 0 aromatic carbocycles. The van der Waals surface area contributed by atoms with Gasteiger partial charge >= 0.3 is 0 Å². The maximum Gasteiger partial charge on any atom is 0.235 e. The number of fused-ring (bicyclic) bond motifs is 1. The van der Waals surface area contributed by atoms with Crippen molar-refractivity contribution in [3.05, 3.63) is 0 Å². The Kier molecular flexibility index (Phi) is 8.11. The minimum absolute atomic E-state index is 0.0540. The fraction of sp³-hybridized carbons (Fsp3) is 0.750. The first-order valence-corrected chi connectivity index (χ1v) is 9.28. The number of hydrogen-bond acceptors (Lipinski definition) is 8. The lowest BCUT2D eigenvalue weighted by Gasteiger charge is -2.34. The lowest BCUT2D eigenvalue weighted by Crippen LogP contribution is -2.53. The van der Waals surface area contributed by atoms with Gasteiger partial charge in [0.25, 0.3) is 0 Å². The molecular weight excluding hydrogens is 368 g/mol. The zero-order chi connectivity index (χ0) is 20.7. The van der Waals surface area contributed by atoms with Gasteiger partial charge in [-0.25, -0.2) is 0 Å². The van der Waals surface area contributed by atoms with E-state index < -0.39 is 17.7 Å². The SMILES string of the molecule is NC(=O)CN1CCN(CC(N)=O)CCN2CC(=O)NC2CN(CC(N)=O)CC1. The van der Waals surface area contributed by atoms with E-state index in [0.29, 0.717) is 45.8 Å². The average Bonchev–Trinajstić information content (AvgIpc) is 2.91. The van der Waals surface area contributed by atoms with Crippen molar-refractivity contribution in [1.82, 2.24) is 24.9 Å². The molecule has 158 valence electrons. The Morgan fingerprint density at radius 1 is 0.786 bits per heavy atom. The zero-order valence-corrected chi connectivity index (χ0v) is 16.0. The molecule has 12 heteroatoms. The summed E-state index contributed by atoms with van der Waals surface area (Å²) in [5.41, 5.74) is 16.1. The van der Waals surface area contributed by atoms with Crippen LogP contribution < -0.4 is 22.5 Å². The summed E-state index contributed by atoms with van der Waals surface area (Å²) in [6, 6.07) is 0. The molecule has 1 unspecified atom stereocenters. The normalized spacial score (nSPS) is 24.0. The van der Waals surface area contributed by atoms with E-state index in [0.717, 1.165) is 0 Å². The smallest absolute Gasteiger partial charge is 0.235 e. The second-order valence-corrected chi connectivity index (χ2v) is 7.24. The number of primary amides is 3. The monoisotopic (exact) mass is 398 g/mol. The van der Waals surface area contributed by atoms with Crippen LogP contribution in [0.3, 0.4) is 0 Å². The zero-order valence-electron chi connectivity index (χ0n) is 16.0. The highest BCUT2D eigenvalue weighted by Crippen LogP contribution is 2.08. The van der Waals surface area contributed by atoms with Crippen LogP contribution in [0.1, 0.15) is 0 Å². The summed E-state index contributed by atoms with van der Waals surface area (Å²) in [5, 5.41) is 2.91. The van der Waals surface area contributed by atoms with Crippen LogP contribution in [0.5, 0.6) is 0 Å². The van der Waals surface area contributed by atoms with E-state index in [4.69, 9.17) is 17.2 Å². The standard InChI is InChI=1S/C16H30N8O4/c17-12(25)7-21-1-2-22(8-13(18)26)5-6-24-11-16(28)20-15(24)10-23(4-3-21)9-14(19)27/h15H,1-11H2,(H2,17,25)(H2,18,26)(H2,19,27)(H,20,28). The number of carbonyl (C=O) groups is 4. The van der Waals surface area contributed by atoms with E-state index >= 15 is 0 Å². The van der Waals surface area contributed by atoms with Crippen LogP contribution in [0.25, 0.3) is 0 Å². The molecule has 0 aromatic heterocycles. The van der Waals surface area contributed by atoms with Gasteiger partial charge in [0, 0.05) is 45.8 Å². The molecule has 2 heterocycles. The summed E-state index contributed by atoms with van der Waals surface area (Å²) in [6.45, 7) is 3.99. The van der Waals surface area contributed by atoms with Gasteiger partial charge < -0.3 is 22.5 Å². The first-order valence-electron chi connectivity index (χ1n) is 9.28. The predicted molar refractivity (Wildman–Crippen MR) is 100 cm³/mol. The van der Waals surface area contributed by atoms with E-state index in [1.54, 1.807) is 0 Å². The number of nitrogens with two attached hydrogens (primary N) is 3. The Morgan fingerprint density at radius 2 is 1.21 bits per heavy atom. The van der Waals surface area contributed by atoms with Crippen molar-refractivity contribution in [1.29, 1.82) is 0 Å². The molecule has 0 spiro atoms. The molecule has 12 nitrogen and oxygen atoms in total. The molecule has 1 atom stereocenters. The Bertz CT molecular complexity index is 601. The third-order valence-electron chi connectivity index (χ3n) is 4.85. The molecule has 4 amide bonds. The maximum absolute atomic E-state index is 11.9. The Morgan fingerprint density at radius 3 is 1.71 bits per heavy atom. The molecular formula is C16H30N8O4. The quantitative estimate of drug-likeness (QED) is 0.345. The molecule has 0 radical (unpaired) electrons. The number of hydrogen-bond donors (Lipinski definition) is 4. The second kappa shape index (κ2) is 10.3. The van der Waals surface area contributed by atoms with Gasteiger partial charge in [0.1, 0.15) is 0 Å². The molecule has 2 aliphatic rings. The van der Waals surface area contributed by atoms with Gasteiger partial charge in [-0.15, -0.1) is 0 Å². The van der Waals surface area contributed by atoms with Gasteiger partial charge in [0.15, 0.2) is 0 Å². The van der Waals surface area contributed by atoms with E-state index in [1.807, 2.05) is 19.6 Å². The van der Waals surface area contributed by atoms with E-state index in [2.05, 4.69) is 5.32 Å². The highest BCUT2D eigenvalue weighted by atomic mass is 16.2. The first-order chi connectivity index (χ1) is 13.2. The molecule has 0 aromatic rings. The molecule has 0 bridgehead atoms. The summed E-state index contributed by atoms with van der Waals surface area (Å²) in [5.74, 6) is -1.44. The Balaban J connectivity index is 2.15. The van der Waals surface area contributed by atoms with Crippen LogP contribution in [-0.4, -0.2) is 121 Å². The number of rotatable bonds is 6. The van der Waals surface area contributed by atoms with Crippen molar-refractivity contribution >= 4 is 23.6 Å². The number of nitrogens with one attached hydrogen (secondary N) is 1. The molecule has 0 saturated carbocycles. The third-order valence-corrected chi connectivity index (χ3v) is 4.85. The fourth-order valence-corrected chi connectivity index (χ4v) is 3.53. The van der Waals surface area contributed by atoms with Crippen molar-refractivity contribution in [2.24, 2.45) is 17.2 Å². The fourth-order valence-electron chi connectivity index (χ4n) is 3.53. The van der Waals surface area contributed by atoms with Crippen molar-refractivity contribution in [3.63, 3.8) is 0 Å². The highest BCUT2D eigenvalue weighted by Gasteiger charge is 2.32. The summed E-state index contributed by atoms with van der Waals surface area (Å²) in [6.07, 6.45) is -0.258. The summed E-state index contributed by atoms with van der Waals surface area (Å²) < 4.78 is 0. The molecule has 0 aliphatic carbocycles. The van der Waals surface area contributed by atoms with Crippen molar-refractivity contribution in [3.8, 4) is 0 Å². The van der Waals surface area contributed by atoms with Gasteiger partial charge in [-0.1, -0.05) is 0 Å². The topological polar surface area (TPSA) is 171 Å². The summed E-state index contributed by atoms with van der Waals surface area (Å²) in [7, 11) is 0. The lowest BCUT2D eigenvalue weighted by atomic mass is 10.3. The van der Waals surface area contributed by atoms with Crippen LogP contribution in [0, 0.1) is 0 Å². The molecule has 2 fully saturated rings. The van der Waals surface area contributed by atoms with Crippen LogP contribution in [0.2, 0.25) is 0 Å². The molecule has 2 aliphatic heterocycles. The number of nitrogens with zero attached hydrogens (tertiary/aromatic N) is 4. The summed E-state index contributed by atoms with van der Waals surface area (Å²) in [4.78, 5) is 53.7. The predicted octanol–water partition coefficient (Wildman–Crippen LogP) is -4.88. The number of amides is 4. The van der Waals surface area contributed by atoms with Crippen molar-refractivity contribution < 1.29 is 19.2 Å². The third kappa shape index (κ3) is 7.38. The minimum atomic E-state index is -0.461. The summed E-state index contributed by atoms with van der Waals surface area (Å²) >= 11 is 0.